The van der Waals surface area contributed by atoms with Crippen molar-refractivity contribution in [3.63, 3.8) is 0 Å². The van der Waals surface area contributed by atoms with Crippen LogP contribution in [0.25, 0.3) is 6.08 Å². The average molecular weight is 279 g/mol. The van der Waals surface area contributed by atoms with Gasteiger partial charge in [-0.2, -0.15) is 0 Å². The van der Waals surface area contributed by atoms with Crippen LogP contribution in [0, 0.1) is 0 Å². The van der Waals surface area contributed by atoms with E-state index in [1.165, 1.54) is 11.1 Å². The Balaban J connectivity index is 2.25. The lowest BCUT2D eigenvalue weighted by Gasteiger charge is -2.15. The van der Waals surface area contributed by atoms with Gasteiger partial charge in [-0.1, -0.05) is 55.5 Å². The summed E-state index contributed by atoms with van der Waals surface area (Å²) >= 11 is 0. The maximum Gasteiger partial charge on any atom is 0.264 e. The lowest BCUT2D eigenvalue weighted by atomic mass is 10.2. The molecule has 0 bridgehead atoms. The molecule has 0 saturated carbocycles. The Morgan fingerprint density at radius 3 is 2.10 bits per heavy atom. The summed E-state index contributed by atoms with van der Waals surface area (Å²) in [5.74, 6) is -0.536. The van der Waals surface area contributed by atoms with Crippen molar-refractivity contribution in [2.24, 2.45) is 0 Å². The van der Waals surface area contributed by atoms with Gasteiger partial charge >= 0.3 is 0 Å². The molecule has 0 aromatic heterocycles. The molecule has 0 aliphatic heterocycles. The van der Waals surface area contributed by atoms with Crippen LogP contribution in [0.4, 0.5) is 0 Å². The van der Waals surface area contributed by atoms with Crippen LogP contribution in [-0.4, -0.2) is 16.7 Å². The largest absolute Gasteiger partial charge is 0.274 e. The van der Waals surface area contributed by atoms with E-state index in [9.17, 15) is 9.59 Å². The van der Waals surface area contributed by atoms with Crippen LogP contribution in [0.1, 0.15) is 29.3 Å². The van der Waals surface area contributed by atoms with E-state index < -0.39 is 0 Å². The van der Waals surface area contributed by atoms with Crippen molar-refractivity contribution in [3.8, 4) is 0 Å². The van der Waals surface area contributed by atoms with Crippen LogP contribution in [0.3, 0.4) is 0 Å². The highest BCUT2D eigenvalue weighted by Gasteiger charge is 2.18. The fraction of sp³-hybridized carbons (Fsp3) is 0.111. The summed E-state index contributed by atoms with van der Waals surface area (Å²) in [6.07, 6.45) is 3.57. The lowest BCUT2D eigenvalue weighted by molar-refractivity contribution is -0.126. The average Bonchev–Trinajstić information content (AvgIpc) is 2.56. The predicted molar refractivity (Wildman–Crippen MR) is 83.4 cm³/mol. The zero-order valence-electron chi connectivity index (χ0n) is 11.9. The summed E-state index contributed by atoms with van der Waals surface area (Å²) in [4.78, 5) is 25.6. The molecule has 2 aromatic rings. The molecular weight excluding hydrogens is 262 g/mol. The molecule has 0 unspecified atom stereocenters. The maximum atomic E-state index is 12.4. The fourth-order valence-electron chi connectivity index (χ4n) is 1.88. The minimum atomic E-state index is -0.311. The number of imide groups is 1. The first-order chi connectivity index (χ1) is 10.2. The van der Waals surface area contributed by atoms with Gasteiger partial charge in [-0.05, 0) is 23.8 Å². The van der Waals surface area contributed by atoms with Crippen LogP contribution in [-0.2, 0) is 4.79 Å². The molecule has 106 valence electrons. The van der Waals surface area contributed by atoms with E-state index in [2.05, 4.69) is 0 Å². The first kappa shape index (κ1) is 14.7. The Morgan fingerprint density at radius 1 is 0.952 bits per heavy atom. The molecule has 2 rings (SSSR count). The van der Waals surface area contributed by atoms with Crippen molar-refractivity contribution in [2.75, 3.05) is 0 Å². The predicted octanol–water partition coefficient (Wildman–Crippen LogP) is 3.74. The highest BCUT2D eigenvalue weighted by molar-refractivity contribution is 6.05. The third-order valence-electron chi connectivity index (χ3n) is 3.03. The first-order valence-corrected chi connectivity index (χ1v) is 6.87. The molecule has 0 radical (unpaired) electrons. The van der Waals surface area contributed by atoms with Gasteiger partial charge in [0.15, 0.2) is 0 Å². The molecule has 0 aliphatic carbocycles. The first-order valence-electron chi connectivity index (χ1n) is 6.87. The van der Waals surface area contributed by atoms with Crippen LogP contribution < -0.4 is 0 Å². The van der Waals surface area contributed by atoms with Gasteiger partial charge in [0.2, 0.25) is 5.91 Å². The highest BCUT2D eigenvalue weighted by Crippen LogP contribution is 2.09. The Kier molecular flexibility index (Phi) is 5.04. The fourth-order valence-corrected chi connectivity index (χ4v) is 1.88. The second kappa shape index (κ2) is 7.20. The van der Waals surface area contributed by atoms with E-state index in [1.54, 1.807) is 37.3 Å². The lowest BCUT2D eigenvalue weighted by Crippen LogP contribution is -2.31. The summed E-state index contributed by atoms with van der Waals surface area (Å²) < 4.78 is 0. The molecule has 0 heterocycles. The van der Waals surface area contributed by atoms with Gasteiger partial charge < -0.3 is 0 Å². The topological polar surface area (TPSA) is 37.4 Å². The molecule has 2 aromatic carbocycles. The molecule has 0 fully saturated rings. The molecule has 2 amide bonds. The number of benzene rings is 2. The number of rotatable bonds is 4. The van der Waals surface area contributed by atoms with Crippen LogP contribution in [0.2, 0.25) is 0 Å². The number of carbonyl (C=O) groups is 2. The third kappa shape index (κ3) is 3.89. The molecule has 3 heteroatoms. The van der Waals surface area contributed by atoms with E-state index in [0.29, 0.717) is 5.56 Å². The minimum Gasteiger partial charge on any atom is -0.274 e. The quantitative estimate of drug-likeness (QED) is 0.855. The molecule has 0 N–H and O–H groups in total. The molecule has 21 heavy (non-hydrogen) atoms. The summed E-state index contributed by atoms with van der Waals surface area (Å²) in [6, 6.07) is 18.4. The van der Waals surface area contributed by atoms with E-state index in [0.717, 1.165) is 5.56 Å². The standard InChI is InChI=1S/C18H17NO2/c1-2-17(20)19(14-13-15-9-5-3-6-10-15)18(21)16-11-7-4-8-12-16/h3-14H,2H2,1H3. The van der Waals surface area contributed by atoms with E-state index >= 15 is 0 Å². The Labute approximate surface area is 124 Å². The summed E-state index contributed by atoms with van der Waals surface area (Å²) in [7, 11) is 0. The molecule has 0 aliphatic rings. The van der Waals surface area contributed by atoms with Crippen molar-refractivity contribution in [1.82, 2.24) is 4.90 Å². The van der Waals surface area contributed by atoms with Gasteiger partial charge in [0.05, 0.1) is 0 Å². The summed E-state index contributed by atoms with van der Waals surface area (Å²) in [5.41, 5.74) is 1.43. The van der Waals surface area contributed by atoms with Crippen LogP contribution in [0.5, 0.6) is 0 Å². The second-order valence-electron chi connectivity index (χ2n) is 4.51. The molecule has 0 spiro atoms. The van der Waals surface area contributed by atoms with Crippen LogP contribution in [0.15, 0.2) is 66.9 Å². The van der Waals surface area contributed by atoms with Crippen molar-refractivity contribution < 1.29 is 9.59 Å². The van der Waals surface area contributed by atoms with E-state index in [4.69, 9.17) is 0 Å². The Morgan fingerprint density at radius 2 is 1.52 bits per heavy atom. The number of hydrogen-bond donors (Lipinski definition) is 0. The van der Waals surface area contributed by atoms with E-state index in [1.807, 2.05) is 36.4 Å². The maximum absolute atomic E-state index is 12.4. The van der Waals surface area contributed by atoms with Crippen molar-refractivity contribution >= 4 is 17.9 Å². The van der Waals surface area contributed by atoms with Crippen molar-refractivity contribution in [1.29, 1.82) is 0 Å². The van der Waals surface area contributed by atoms with Gasteiger partial charge in [-0.3, -0.25) is 14.5 Å². The summed E-state index contributed by atoms with van der Waals surface area (Å²) in [5, 5.41) is 0. The van der Waals surface area contributed by atoms with Gasteiger partial charge in [0.1, 0.15) is 0 Å². The monoisotopic (exact) mass is 279 g/mol. The number of amides is 2. The van der Waals surface area contributed by atoms with Gasteiger partial charge in [0, 0.05) is 18.2 Å². The zero-order valence-corrected chi connectivity index (χ0v) is 11.9. The zero-order chi connectivity index (χ0) is 15.1. The Bertz CT molecular complexity index is 633. The number of carbonyl (C=O) groups excluding carboxylic acids is 2. The minimum absolute atomic E-state index is 0.226. The molecule has 3 nitrogen and oxygen atoms in total. The van der Waals surface area contributed by atoms with Crippen LogP contribution >= 0.6 is 0 Å². The van der Waals surface area contributed by atoms with Gasteiger partial charge in [0.25, 0.3) is 5.91 Å². The molecule has 0 saturated heterocycles. The Hall–Kier alpha value is -2.68. The normalized spacial score (nSPS) is 10.5. The number of hydrogen-bond acceptors (Lipinski definition) is 2. The van der Waals surface area contributed by atoms with Crippen molar-refractivity contribution in [3.05, 3.63) is 78.0 Å². The second-order valence-corrected chi connectivity index (χ2v) is 4.51. The van der Waals surface area contributed by atoms with Gasteiger partial charge in [-0.15, -0.1) is 0 Å². The molecular formula is C18H17NO2. The third-order valence-corrected chi connectivity index (χ3v) is 3.03. The SMILES string of the molecule is CCC(=O)N(C=Cc1ccccc1)C(=O)c1ccccc1. The smallest absolute Gasteiger partial charge is 0.264 e. The highest BCUT2D eigenvalue weighted by atomic mass is 16.2. The molecule has 0 atom stereocenters. The number of nitrogens with zero attached hydrogens (tertiary/aromatic N) is 1. The van der Waals surface area contributed by atoms with Gasteiger partial charge in [-0.25, -0.2) is 0 Å². The summed E-state index contributed by atoms with van der Waals surface area (Å²) in [6.45, 7) is 1.74. The van der Waals surface area contributed by atoms with Crippen molar-refractivity contribution in [2.45, 2.75) is 13.3 Å². The van der Waals surface area contributed by atoms with E-state index in [-0.39, 0.29) is 18.2 Å².